The lowest BCUT2D eigenvalue weighted by molar-refractivity contribution is -0.116. The first-order valence-electron chi connectivity index (χ1n) is 5.78. The van der Waals surface area contributed by atoms with E-state index in [1.807, 2.05) is 25.1 Å². The molecule has 0 heterocycles. The van der Waals surface area contributed by atoms with Gasteiger partial charge in [0.25, 0.3) is 0 Å². The Morgan fingerprint density at radius 2 is 2.00 bits per heavy atom. The Bertz CT molecular complexity index is 546. The molecule has 5 nitrogen and oxygen atoms in total. The number of benzene rings is 1. The molecule has 0 aliphatic carbocycles. The smallest absolute Gasteiger partial charge is 0.239 e. The maximum absolute atomic E-state index is 11.8. The van der Waals surface area contributed by atoms with Gasteiger partial charge in [0, 0.05) is 12.7 Å². The zero-order valence-electron chi connectivity index (χ0n) is 10.9. The van der Waals surface area contributed by atoms with Gasteiger partial charge in [0.1, 0.15) is 5.21 Å². The lowest BCUT2D eigenvalue weighted by Gasteiger charge is -2.16. The van der Waals surface area contributed by atoms with Gasteiger partial charge in [0.05, 0.1) is 6.54 Å². The van der Waals surface area contributed by atoms with Crippen LogP contribution in [0.5, 0.6) is 0 Å². The lowest BCUT2D eigenvalue weighted by atomic mass is 10.1. The minimum Gasteiger partial charge on any atom is -0.325 e. The van der Waals surface area contributed by atoms with E-state index in [2.05, 4.69) is 5.32 Å². The fraction of sp³-hybridized carbons (Fsp3) is 0.417. The summed E-state index contributed by atoms with van der Waals surface area (Å²) in [5, 5.41) is 2.16. The lowest BCUT2D eigenvalue weighted by Crippen LogP contribution is -2.35. The summed E-state index contributed by atoms with van der Waals surface area (Å²) in [6.07, 6.45) is 0.784. The zero-order chi connectivity index (χ0) is 14.5. The highest BCUT2D eigenvalue weighted by Gasteiger charge is 2.19. The number of alkyl halides is 1. The Morgan fingerprint density at radius 3 is 2.58 bits per heavy atom. The van der Waals surface area contributed by atoms with Gasteiger partial charge in [-0.15, -0.1) is 11.6 Å². The van der Waals surface area contributed by atoms with Crippen LogP contribution in [0.3, 0.4) is 0 Å². The Morgan fingerprint density at radius 1 is 1.37 bits per heavy atom. The van der Waals surface area contributed by atoms with Crippen molar-refractivity contribution >= 4 is 33.2 Å². The Labute approximate surface area is 118 Å². The van der Waals surface area contributed by atoms with Gasteiger partial charge in [0.2, 0.25) is 15.9 Å². The summed E-state index contributed by atoms with van der Waals surface area (Å²) in [6, 6.07) is 7.40. The zero-order valence-corrected chi connectivity index (χ0v) is 12.5. The number of likely N-dealkylation sites (N-methyl/N-ethyl adjacent to an activating group) is 1. The Balaban J connectivity index is 2.71. The van der Waals surface area contributed by atoms with Gasteiger partial charge < -0.3 is 5.32 Å². The van der Waals surface area contributed by atoms with Gasteiger partial charge in [-0.3, -0.25) is 4.79 Å². The summed E-state index contributed by atoms with van der Waals surface area (Å²) in [7, 11) is -2.24. The van der Waals surface area contributed by atoms with Gasteiger partial charge in [-0.25, -0.2) is 8.42 Å². The molecule has 0 saturated heterocycles. The molecule has 0 atom stereocenters. The molecule has 1 aromatic carbocycles. The predicted octanol–water partition coefficient (Wildman–Crippen LogP) is 1.65. The topological polar surface area (TPSA) is 66.5 Å². The number of amides is 1. The van der Waals surface area contributed by atoms with E-state index >= 15 is 0 Å². The van der Waals surface area contributed by atoms with Crippen LogP contribution in [0.2, 0.25) is 0 Å². The molecule has 0 fully saturated rings. The average molecular weight is 305 g/mol. The summed E-state index contributed by atoms with van der Waals surface area (Å²) in [5.74, 6) is -0.392. The van der Waals surface area contributed by atoms with Gasteiger partial charge >= 0.3 is 0 Å². The second-order valence-corrected chi connectivity index (χ2v) is 6.70. The van der Waals surface area contributed by atoms with Crippen molar-refractivity contribution in [3.63, 3.8) is 0 Å². The number of hydrogen-bond donors (Lipinski definition) is 1. The minimum absolute atomic E-state index is 0.257. The number of anilines is 1. The first-order valence-corrected chi connectivity index (χ1v) is 7.92. The first kappa shape index (κ1) is 15.9. The molecule has 0 aliphatic rings. The Kier molecular flexibility index (Phi) is 5.78. The third-order valence-corrected chi connectivity index (χ3v) is 4.83. The normalized spacial score (nSPS) is 11.6. The van der Waals surface area contributed by atoms with Gasteiger partial charge in [0.15, 0.2) is 0 Å². The molecule has 1 rings (SSSR count). The summed E-state index contributed by atoms with van der Waals surface area (Å²) >= 11 is 5.32. The van der Waals surface area contributed by atoms with Crippen LogP contribution < -0.4 is 5.32 Å². The van der Waals surface area contributed by atoms with Crippen molar-refractivity contribution in [3.05, 3.63) is 29.8 Å². The number of carbonyl (C=O) groups excluding carboxylic acids is 1. The van der Waals surface area contributed by atoms with Crippen molar-refractivity contribution in [1.82, 2.24) is 4.31 Å². The van der Waals surface area contributed by atoms with E-state index in [0.717, 1.165) is 16.3 Å². The second-order valence-electron chi connectivity index (χ2n) is 4.04. The maximum atomic E-state index is 11.8. The first-order chi connectivity index (χ1) is 8.90. The molecule has 0 spiro atoms. The Hall–Kier alpha value is -1.11. The van der Waals surface area contributed by atoms with Crippen LogP contribution in [-0.4, -0.2) is 37.4 Å². The van der Waals surface area contributed by atoms with E-state index in [1.165, 1.54) is 7.05 Å². The third kappa shape index (κ3) is 4.49. The highest BCUT2D eigenvalue weighted by Crippen LogP contribution is 2.15. The van der Waals surface area contributed by atoms with Gasteiger partial charge in [-0.05, 0) is 18.1 Å². The van der Waals surface area contributed by atoms with Gasteiger partial charge in [-0.1, -0.05) is 25.1 Å². The number of nitrogens with zero attached hydrogens (tertiary/aromatic N) is 1. The fourth-order valence-corrected chi connectivity index (χ4v) is 2.50. The van der Waals surface area contributed by atoms with Gasteiger partial charge in [-0.2, -0.15) is 4.31 Å². The van der Waals surface area contributed by atoms with Crippen LogP contribution >= 0.6 is 11.6 Å². The van der Waals surface area contributed by atoms with E-state index < -0.39 is 21.1 Å². The van der Waals surface area contributed by atoms with Crippen molar-refractivity contribution in [1.29, 1.82) is 0 Å². The molecule has 0 aromatic heterocycles. The average Bonchev–Trinajstić information content (AvgIpc) is 2.39. The van der Waals surface area contributed by atoms with Crippen LogP contribution in [0, 0.1) is 0 Å². The molecule has 1 aromatic rings. The van der Waals surface area contributed by atoms with Crippen molar-refractivity contribution in [2.24, 2.45) is 0 Å². The second kappa shape index (κ2) is 6.88. The molecule has 106 valence electrons. The van der Waals surface area contributed by atoms with Crippen LogP contribution in [0.15, 0.2) is 24.3 Å². The van der Waals surface area contributed by atoms with E-state index in [9.17, 15) is 13.2 Å². The van der Waals surface area contributed by atoms with Crippen molar-refractivity contribution in [3.8, 4) is 0 Å². The molecule has 7 heteroatoms. The highest BCUT2D eigenvalue weighted by atomic mass is 35.5. The molecule has 0 radical (unpaired) electrons. The standard InChI is InChI=1S/C12H17ClN2O3S/c1-3-10-6-4-5-7-11(10)14-12(16)8-15(2)19(17,18)9-13/h4-7H,3,8-9H2,1-2H3,(H,14,16). The molecular weight excluding hydrogens is 288 g/mol. The van der Waals surface area contributed by atoms with Crippen LogP contribution in [0.4, 0.5) is 5.69 Å². The molecule has 0 unspecified atom stereocenters. The number of halogens is 1. The maximum Gasteiger partial charge on any atom is 0.239 e. The number of nitrogens with one attached hydrogen (secondary N) is 1. The summed E-state index contributed by atoms with van der Waals surface area (Å²) < 4.78 is 23.8. The summed E-state index contributed by atoms with van der Waals surface area (Å²) in [4.78, 5) is 11.8. The highest BCUT2D eigenvalue weighted by molar-refractivity contribution is 7.90. The quantitative estimate of drug-likeness (QED) is 0.813. The number of carbonyl (C=O) groups is 1. The number of sulfonamides is 1. The number of hydrogen-bond acceptors (Lipinski definition) is 3. The van der Waals surface area contributed by atoms with Crippen molar-refractivity contribution in [2.75, 3.05) is 24.1 Å². The van der Waals surface area contributed by atoms with Crippen LogP contribution in [0.25, 0.3) is 0 Å². The summed E-state index contributed by atoms with van der Waals surface area (Å²) in [6.45, 7) is 1.72. The van der Waals surface area contributed by atoms with Crippen molar-refractivity contribution in [2.45, 2.75) is 13.3 Å². The fourth-order valence-electron chi connectivity index (χ4n) is 1.52. The SMILES string of the molecule is CCc1ccccc1NC(=O)CN(C)S(=O)(=O)CCl. The molecule has 19 heavy (non-hydrogen) atoms. The monoisotopic (exact) mass is 304 g/mol. The van der Waals surface area contributed by atoms with Crippen molar-refractivity contribution < 1.29 is 13.2 Å². The third-order valence-electron chi connectivity index (χ3n) is 2.65. The minimum atomic E-state index is -3.56. The van der Waals surface area contributed by atoms with E-state index in [0.29, 0.717) is 5.69 Å². The number of aryl methyl sites for hydroxylation is 1. The molecule has 0 saturated carbocycles. The number of para-hydroxylation sites is 1. The molecule has 1 amide bonds. The molecule has 1 N–H and O–H groups in total. The largest absolute Gasteiger partial charge is 0.325 e. The van der Waals surface area contributed by atoms with E-state index in [-0.39, 0.29) is 6.54 Å². The number of rotatable bonds is 6. The van der Waals surface area contributed by atoms with Crippen LogP contribution in [-0.2, 0) is 21.2 Å². The summed E-state index contributed by atoms with van der Waals surface area (Å²) in [5.41, 5.74) is 1.70. The molecule has 0 aliphatic heterocycles. The predicted molar refractivity (Wildman–Crippen MR) is 76.7 cm³/mol. The van der Waals surface area contributed by atoms with Crippen LogP contribution in [0.1, 0.15) is 12.5 Å². The van der Waals surface area contributed by atoms with E-state index in [1.54, 1.807) is 6.07 Å². The van der Waals surface area contributed by atoms with E-state index in [4.69, 9.17) is 11.6 Å². The molecular formula is C12H17ClN2O3S. The molecule has 0 bridgehead atoms.